The monoisotopic (exact) mass is 705 g/mol. The van der Waals surface area contributed by atoms with Gasteiger partial charge in [0.2, 0.25) is 5.95 Å². The maximum absolute atomic E-state index is 15.6. The van der Waals surface area contributed by atoms with E-state index in [-0.39, 0.29) is 23.2 Å². The highest BCUT2D eigenvalue weighted by atomic mass is 35.5. The van der Waals surface area contributed by atoms with Gasteiger partial charge in [0, 0.05) is 59.1 Å². The summed E-state index contributed by atoms with van der Waals surface area (Å²) in [5.74, 6) is 3.72. The van der Waals surface area contributed by atoms with Gasteiger partial charge in [-0.05, 0) is 117 Å². The lowest BCUT2D eigenvalue weighted by molar-refractivity contribution is -0.0827. The molecule has 1 spiro atoms. The number of hydrogen-bond donors (Lipinski definition) is 1. The van der Waals surface area contributed by atoms with E-state index in [0.717, 1.165) is 42.8 Å². The van der Waals surface area contributed by atoms with Gasteiger partial charge in [-0.15, -0.1) is 0 Å². The number of carbonyl (C=O) groups excluding carboxylic acids is 1. The average Bonchev–Trinajstić information content (AvgIpc) is 3.22. The first-order chi connectivity index (χ1) is 23.5. The maximum Gasteiger partial charge on any atom is 0.262 e. The van der Waals surface area contributed by atoms with Gasteiger partial charge in [0.1, 0.15) is 11.4 Å². The highest BCUT2D eigenvalue weighted by Gasteiger charge is 2.51. The Morgan fingerprint density at radius 1 is 1.16 bits per heavy atom. The van der Waals surface area contributed by atoms with E-state index in [0.29, 0.717) is 43.0 Å². The normalized spacial score (nSPS) is 33.7. The highest BCUT2D eigenvalue weighted by molar-refractivity contribution is 7.99. The lowest BCUT2D eigenvalue weighted by Crippen LogP contribution is -2.52. The number of fused-ring (bicyclic) bond motifs is 4. The zero-order valence-electron chi connectivity index (χ0n) is 28.4. The minimum absolute atomic E-state index is 0.0438. The van der Waals surface area contributed by atoms with Crippen molar-refractivity contribution >= 4 is 38.8 Å². The number of carbonyl (C=O) groups is 1. The van der Waals surface area contributed by atoms with Crippen LogP contribution in [0.3, 0.4) is 0 Å². The predicted octanol–water partition coefficient (Wildman–Crippen LogP) is 7.26. The van der Waals surface area contributed by atoms with Crippen LogP contribution in [0.25, 0.3) is 0 Å². The van der Waals surface area contributed by atoms with Crippen molar-refractivity contribution in [3.8, 4) is 5.75 Å². The van der Waals surface area contributed by atoms with Gasteiger partial charge in [0.05, 0.1) is 22.0 Å². The van der Waals surface area contributed by atoms with Crippen LogP contribution in [0.15, 0.2) is 66.9 Å². The average molecular weight is 706 g/mol. The zero-order chi connectivity index (χ0) is 34.6. The fourth-order valence-electron chi connectivity index (χ4n) is 8.64. The van der Waals surface area contributed by atoms with Gasteiger partial charge in [-0.2, -0.15) is 4.39 Å². The Morgan fingerprint density at radius 3 is 2.76 bits per heavy atom. The van der Waals surface area contributed by atoms with E-state index in [1.54, 1.807) is 25.3 Å². The topological polar surface area (TPSA) is 80.8 Å². The number of ether oxygens (including phenoxy) is 2. The molecule has 49 heavy (non-hydrogen) atoms. The van der Waals surface area contributed by atoms with Crippen molar-refractivity contribution in [1.82, 2.24) is 9.71 Å². The summed E-state index contributed by atoms with van der Waals surface area (Å²) < 4.78 is 45.4. The molecule has 1 N–H and O–H groups in total. The second-order valence-corrected chi connectivity index (χ2v) is 17.4. The SMILES string of the molecule is C=S1(=O)NC(=O)c2ccc3c(c2)N(C[C@@H]2CC[C@H]2[C@](OC)(c2cccnc2F)/C=C/C[C@H](C)[C@H]1C)C[C@@]1(CCCc2cc(Cl)ccc21)CO3. The van der Waals surface area contributed by atoms with Crippen LogP contribution in [0.1, 0.15) is 73.0 Å². The summed E-state index contributed by atoms with van der Waals surface area (Å²) in [5.41, 5.74) is 2.75. The number of rotatable bonds is 2. The lowest BCUT2D eigenvalue weighted by atomic mass is 9.62. The zero-order valence-corrected chi connectivity index (χ0v) is 30.0. The number of halogens is 2. The molecular weight excluding hydrogens is 661 g/mol. The van der Waals surface area contributed by atoms with Gasteiger partial charge in [0.15, 0.2) is 0 Å². The number of anilines is 1. The highest BCUT2D eigenvalue weighted by Crippen LogP contribution is 2.52. The quantitative estimate of drug-likeness (QED) is 0.172. The van der Waals surface area contributed by atoms with Crippen LogP contribution in [0.5, 0.6) is 5.75 Å². The fraction of sp³-hybridized carbons (Fsp3) is 0.462. The summed E-state index contributed by atoms with van der Waals surface area (Å²) in [6.45, 7) is 5.65. The number of amides is 1. The number of nitrogens with zero attached hydrogens (tertiary/aromatic N) is 2. The number of nitrogens with one attached hydrogen (secondary N) is 1. The molecule has 1 aromatic heterocycles. The molecule has 2 aliphatic heterocycles. The fourth-order valence-corrected chi connectivity index (χ4v) is 10.3. The Labute approximate surface area is 294 Å². The molecule has 1 unspecified atom stereocenters. The Morgan fingerprint density at radius 2 is 2.00 bits per heavy atom. The standard InChI is InChI=1S/C39H45ClFN3O4S/c1-25-8-5-18-39(47-3,33-10-7-19-42-36(33)41)32-14-11-29(32)22-44-23-38(17-6-9-27-20-30(40)13-15-31(27)38)24-48-35-16-12-28(21-34(35)44)37(45)43-49(4,46)26(25)2/h5,7,10,12-13,15-16,18-21,25-26,29,32H,4,6,8-9,11,14,17,22-24H2,1-3H3,(H,43,45,46)/b18-5+/t25-,26+,29-,32+,38-,39-,49?/m0/s1. The molecule has 3 aromatic rings. The molecule has 7 rings (SSSR count). The second-order valence-electron chi connectivity index (χ2n) is 14.5. The molecular formula is C39H45ClFN3O4S. The molecule has 260 valence electrons. The Hall–Kier alpha value is -3.40. The summed E-state index contributed by atoms with van der Waals surface area (Å²) in [4.78, 5) is 20.1. The van der Waals surface area contributed by atoms with E-state index in [4.69, 9.17) is 21.1 Å². The van der Waals surface area contributed by atoms with E-state index in [2.05, 4.69) is 32.6 Å². The van der Waals surface area contributed by atoms with Crippen LogP contribution in [-0.4, -0.2) is 53.0 Å². The van der Waals surface area contributed by atoms with Crippen molar-refractivity contribution < 1.29 is 22.9 Å². The Balaban J connectivity index is 1.37. The van der Waals surface area contributed by atoms with Gasteiger partial charge in [0.25, 0.3) is 5.91 Å². The van der Waals surface area contributed by atoms with Crippen molar-refractivity contribution in [3.63, 3.8) is 0 Å². The van der Waals surface area contributed by atoms with Crippen LogP contribution in [0.4, 0.5) is 10.1 Å². The van der Waals surface area contributed by atoms with Gasteiger partial charge in [-0.1, -0.05) is 36.7 Å². The number of methoxy groups -OCH3 is 1. The smallest absolute Gasteiger partial charge is 0.262 e. The molecule has 2 aromatic carbocycles. The first-order valence-corrected chi connectivity index (χ1v) is 19.5. The van der Waals surface area contributed by atoms with Gasteiger partial charge in [-0.3, -0.25) is 9.52 Å². The lowest BCUT2D eigenvalue weighted by Gasteiger charge is -2.50. The molecule has 1 saturated carbocycles. The van der Waals surface area contributed by atoms with E-state index in [1.807, 2.05) is 44.2 Å². The number of pyridine rings is 1. The van der Waals surface area contributed by atoms with Crippen molar-refractivity contribution in [1.29, 1.82) is 0 Å². The summed E-state index contributed by atoms with van der Waals surface area (Å²) in [5, 5.41) is 0.293. The molecule has 7 nitrogen and oxygen atoms in total. The van der Waals surface area contributed by atoms with E-state index in [1.165, 1.54) is 17.3 Å². The summed E-state index contributed by atoms with van der Waals surface area (Å²) in [6.07, 6.45) is 10.7. The van der Waals surface area contributed by atoms with Gasteiger partial charge < -0.3 is 14.4 Å². The minimum atomic E-state index is -3.03. The van der Waals surface area contributed by atoms with Crippen LogP contribution >= 0.6 is 11.6 Å². The molecule has 4 aliphatic rings. The number of aromatic nitrogens is 1. The first kappa shape index (κ1) is 34.1. The minimum Gasteiger partial charge on any atom is -0.490 e. The van der Waals surface area contributed by atoms with Crippen LogP contribution < -0.4 is 14.4 Å². The third kappa shape index (κ3) is 6.06. The van der Waals surface area contributed by atoms with Gasteiger partial charge >= 0.3 is 0 Å². The predicted molar refractivity (Wildman–Crippen MR) is 194 cm³/mol. The second kappa shape index (κ2) is 13.1. The Bertz CT molecular complexity index is 1900. The first-order valence-electron chi connectivity index (χ1n) is 17.3. The molecule has 2 bridgehead atoms. The molecule has 1 amide bonds. The van der Waals surface area contributed by atoms with Crippen LogP contribution in [-0.2, 0) is 31.9 Å². The molecule has 3 heterocycles. The van der Waals surface area contributed by atoms with Crippen molar-refractivity contribution in [2.24, 2.45) is 17.8 Å². The van der Waals surface area contributed by atoms with Crippen LogP contribution in [0, 0.1) is 23.7 Å². The summed E-state index contributed by atoms with van der Waals surface area (Å²) >= 11 is 6.46. The van der Waals surface area contributed by atoms with E-state index < -0.39 is 32.4 Å². The molecule has 7 atom stereocenters. The number of benzene rings is 2. The summed E-state index contributed by atoms with van der Waals surface area (Å²) in [7, 11) is -1.38. The third-order valence-corrected chi connectivity index (χ3v) is 14.2. The van der Waals surface area contributed by atoms with E-state index in [9.17, 15) is 9.00 Å². The number of aryl methyl sites for hydroxylation is 1. The van der Waals surface area contributed by atoms with Crippen LogP contribution in [0.2, 0.25) is 5.02 Å². The molecule has 0 radical (unpaired) electrons. The molecule has 10 heteroatoms. The maximum atomic E-state index is 15.6. The Kier molecular flexibility index (Phi) is 9.07. The molecule has 0 saturated heterocycles. The number of allylic oxidation sites excluding steroid dienone is 1. The van der Waals surface area contributed by atoms with Crippen molar-refractivity contribution in [3.05, 3.63) is 100 Å². The summed E-state index contributed by atoms with van der Waals surface area (Å²) in [6, 6.07) is 15.2. The third-order valence-electron chi connectivity index (χ3n) is 11.8. The van der Waals surface area contributed by atoms with Crippen molar-refractivity contribution in [2.45, 2.75) is 68.6 Å². The molecule has 1 fully saturated rings. The number of hydrogen-bond acceptors (Lipinski definition) is 6. The van der Waals surface area contributed by atoms with Gasteiger partial charge in [-0.25, -0.2) is 9.19 Å². The molecule has 2 aliphatic carbocycles. The largest absolute Gasteiger partial charge is 0.490 e. The van der Waals surface area contributed by atoms with E-state index >= 15 is 4.39 Å². The van der Waals surface area contributed by atoms with Crippen molar-refractivity contribution in [2.75, 3.05) is 31.7 Å².